The molecule has 6 heterocycles. The number of benzene rings is 1. The first-order valence-corrected chi connectivity index (χ1v) is 39.7. The van der Waals surface area contributed by atoms with Crippen molar-refractivity contribution in [1.82, 2.24) is 14.2 Å². The quantitative estimate of drug-likeness (QED) is 0.0281. The summed E-state index contributed by atoms with van der Waals surface area (Å²) in [4.78, 5) is 39.2. The van der Waals surface area contributed by atoms with Crippen LogP contribution in [0.1, 0.15) is 19.4 Å². The number of hydrogen-bond acceptors (Lipinski definition) is 42. The van der Waals surface area contributed by atoms with E-state index < -0.39 is 307 Å². The number of aliphatic hydroxyl groups is 8. The lowest BCUT2D eigenvalue weighted by molar-refractivity contribution is -0.377. The Balaban J connectivity index is 1.20. The average Bonchev–Trinajstić information content (AvgIpc) is 0.762. The zero-order valence-corrected chi connectivity index (χ0v) is 59.6. The van der Waals surface area contributed by atoms with Crippen molar-refractivity contribution in [3.05, 3.63) is 35.9 Å². The van der Waals surface area contributed by atoms with E-state index in [1.165, 1.54) is 58.3 Å². The molecule has 21 N–H and O–H groups in total. The van der Waals surface area contributed by atoms with Crippen molar-refractivity contribution in [2.45, 2.75) is 211 Å². The highest BCUT2D eigenvalue weighted by Gasteiger charge is 2.63. The normalized spacial score (nSPS) is 38.6. The van der Waals surface area contributed by atoms with Crippen molar-refractivity contribution < 1.29 is 240 Å². The van der Waals surface area contributed by atoms with Crippen molar-refractivity contribution in [2.75, 3.05) is 19.8 Å². The molecule has 55 nitrogen and oxygen atoms in total. The molecule has 0 aliphatic carbocycles. The molecule has 1 aromatic rings. The number of aliphatic carboxylic acids is 3. The van der Waals surface area contributed by atoms with Crippen molar-refractivity contribution in [3.8, 4) is 0 Å². The van der Waals surface area contributed by atoms with Crippen molar-refractivity contribution in [2.24, 2.45) is 0 Å². The maximum atomic E-state index is 13.2. The fraction of sp³-hybridized carbons (Fsp3) is 0.804. The summed E-state index contributed by atoms with van der Waals surface area (Å²) >= 11 is 0. The van der Waals surface area contributed by atoms with Crippen molar-refractivity contribution in [3.63, 3.8) is 0 Å². The number of carbonyl (C=O) groups is 3. The lowest BCUT2D eigenvalue weighted by atomic mass is 9.94. The van der Waals surface area contributed by atoms with Crippen LogP contribution in [-0.4, -0.2) is 375 Å². The van der Waals surface area contributed by atoms with E-state index in [1.54, 1.807) is 0 Å². The smallest absolute Gasteiger partial charge is 0.397 e. The van der Waals surface area contributed by atoms with Crippen molar-refractivity contribution in [1.29, 1.82) is 0 Å². The maximum Gasteiger partial charge on any atom is 0.397 e. The van der Waals surface area contributed by atoms with Crippen LogP contribution in [0.3, 0.4) is 0 Å². The zero-order valence-electron chi connectivity index (χ0n) is 53.9. The van der Waals surface area contributed by atoms with E-state index >= 15 is 0 Å². The van der Waals surface area contributed by atoms with Crippen LogP contribution < -0.4 is 14.2 Å². The van der Waals surface area contributed by atoms with Crippen LogP contribution in [0.25, 0.3) is 0 Å². The average molecular weight is 1720 g/mol. The SMILES string of the molecule is CC(C)O[C@@H]1O[C@H](C(=O)O)[C@@H](O[C@@H]2O[C@@H](CO)[C@H](O[C@H]3O[C@H](C(=O)O)[C@H](O[C@@H]4O[C@@H](CO)[C@H](O[C@H]5O[C@H](C(=O)O)[C@H](O[C@@H]6O[C@@H](COS(=O)(=O)O)[C@H](O)[C@H](O)[C@H]6NS(=O)(=O)O)[C@H](O)[C@H]5OS(=O)(=O)O)[C@H](O)[C@H]4NS(=O)(=O)O)[C@H](O)[C@H]3OS(=O)(=O)O)[C@H](O)[C@H]2NS(=O)(=O)O)[C@@H](OCc2ccccc2)[C@@H]1OS(=O)(=O)O. The molecule has 6 fully saturated rings. The van der Waals surface area contributed by atoms with Gasteiger partial charge in [-0.15, -0.1) is 0 Å². The third-order valence-electron chi connectivity index (χ3n) is 15.8. The standard InChI is InChI=1S/C46H71N3O52S7/c1-12(2)87-46-37(101-108(82,83)84)32(85-10-13-6-4-3-5-7-13)33(36(98-46)40(62)63)95-43-19(49-104(70,71)72)23(55)27(15(9-51)89-43)92-45-31(100-107(79,80)81)25(57)29(35(97-45)39(60)61)94-42-18(48-103(67,68)69)22(54)26(14(8-50)88-42)91-44-30(99-106(76,77)78)24(56)28(34(96-44)38(58)59)93-41-17(47-102(64,65)66)21(53)20(52)16(90-41)11-86-105(73,74)75/h3-7,12,14-37,41-57H,8-11H2,1-2H3,(H,58,59)(H,60,61)(H,62,63)(H,64,65,66)(H,67,68,69)(H,70,71,72)(H,73,74,75)(H,76,77,78)(H,79,80,81)(H,82,83,84)/t14-,15-,16-,17+,18+,19+,20-,21+,22+,23+,24-,25-,26-,27-,28+,29+,30+,31+,32+,33-,34-,35-,36-,37-,41-,42-,43-,44-,45-,46+/m0/s1. The van der Waals surface area contributed by atoms with Crippen LogP contribution in [0, 0.1) is 0 Å². The fourth-order valence-corrected chi connectivity index (χ4v) is 15.0. The van der Waals surface area contributed by atoms with Gasteiger partial charge >= 0.3 is 90.4 Å². The van der Waals surface area contributed by atoms with Gasteiger partial charge in [0, 0.05) is 0 Å². The highest BCUT2D eigenvalue weighted by atomic mass is 32.3. The lowest BCUT2D eigenvalue weighted by Crippen LogP contribution is -2.71. The molecule has 0 radical (unpaired) electrons. The first kappa shape index (κ1) is 91.1. The van der Waals surface area contributed by atoms with Gasteiger partial charge in [0.15, 0.2) is 74.4 Å². The summed E-state index contributed by atoms with van der Waals surface area (Å²) in [5.74, 6) is -6.84. The van der Waals surface area contributed by atoms with Gasteiger partial charge in [-0.25, -0.2) is 31.1 Å². The van der Waals surface area contributed by atoms with Gasteiger partial charge < -0.3 is 118 Å². The molecule has 624 valence electrons. The predicted molar refractivity (Wildman–Crippen MR) is 323 cm³/mol. The molecule has 108 heavy (non-hydrogen) atoms. The van der Waals surface area contributed by atoms with Gasteiger partial charge in [0.05, 0.1) is 32.5 Å². The Hall–Kier alpha value is -4.12. The molecule has 1 aromatic carbocycles. The van der Waals surface area contributed by atoms with Crippen LogP contribution in [0.4, 0.5) is 0 Å². The van der Waals surface area contributed by atoms with Gasteiger partial charge in [0.1, 0.15) is 110 Å². The Labute approximate surface area is 607 Å². The Kier molecular flexibility index (Phi) is 30.5. The molecule has 6 saturated heterocycles. The molecule has 0 aromatic heterocycles. The van der Waals surface area contributed by atoms with Crippen LogP contribution in [0.5, 0.6) is 0 Å². The predicted octanol–water partition coefficient (Wildman–Crippen LogP) is -12.7. The molecule has 30 atom stereocenters. The number of nitrogens with one attached hydrogen (secondary N) is 3. The third-order valence-corrected chi connectivity index (χ3v) is 19.3. The lowest BCUT2D eigenvalue weighted by Gasteiger charge is -2.50. The monoisotopic (exact) mass is 1720 g/mol. The molecule has 62 heteroatoms. The number of rotatable bonds is 35. The zero-order chi connectivity index (χ0) is 81.2. The van der Waals surface area contributed by atoms with Gasteiger partial charge in [-0.05, 0) is 19.4 Å². The molecular weight excluding hydrogens is 1650 g/mol. The molecule has 0 bridgehead atoms. The Bertz CT molecular complexity index is 4080. The van der Waals surface area contributed by atoms with Gasteiger partial charge in [-0.3, -0.25) is 31.9 Å². The van der Waals surface area contributed by atoms with Gasteiger partial charge in [0.25, 0.3) is 0 Å². The van der Waals surface area contributed by atoms with Crippen LogP contribution in [0.15, 0.2) is 30.3 Å². The first-order chi connectivity index (χ1) is 49.6. The molecule has 0 saturated carbocycles. The summed E-state index contributed by atoms with van der Waals surface area (Å²) in [7, 11) is -40.7. The molecular formula is C46H71N3O52S7. The van der Waals surface area contributed by atoms with E-state index in [2.05, 4.69) is 12.5 Å². The van der Waals surface area contributed by atoms with Crippen LogP contribution in [-0.2, 0) is 172 Å². The van der Waals surface area contributed by atoms with E-state index in [1.807, 2.05) is 0 Å². The van der Waals surface area contributed by atoms with Crippen molar-refractivity contribution >= 4 is 90.4 Å². The summed E-state index contributed by atoms with van der Waals surface area (Å²) < 4.78 is 334. The number of hydrogen-bond donors (Lipinski definition) is 21. The highest BCUT2D eigenvalue weighted by molar-refractivity contribution is 7.84. The molecule has 6 aliphatic rings. The number of ether oxygens (including phenoxy) is 13. The minimum absolute atomic E-state index is 0.256. The molecule has 0 unspecified atom stereocenters. The summed E-state index contributed by atoms with van der Waals surface area (Å²) in [5.41, 5.74) is 0.256. The molecule has 7 rings (SSSR count). The second-order valence-electron chi connectivity index (χ2n) is 23.7. The van der Waals surface area contributed by atoms with E-state index in [0.29, 0.717) is 0 Å². The van der Waals surface area contributed by atoms with Gasteiger partial charge in [-0.1, -0.05) is 30.3 Å². The number of aliphatic hydroxyl groups excluding tert-OH is 8. The van der Waals surface area contributed by atoms with E-state index in [4.69, 9.17) is 70.3 Å². The largest absolute Gasteiger partial charge is 0.479 e. The number of carboxylic acids is 3. The topological polar surface area (TPSA) is 847 Å². The second kappa shape index (κ2) is 36.1. The highest BCUT2D eigenvalue weighted by Crippen LogP contribution is 2.40. The summed E-state index contributed by atoms with van der Waals surface area (Å²) in [6, 6.07) is -0.928. The van der Waals surface area contributed by atoms with E-state index in [9.17, 15) is 157 Å². The van der Waals surface area contributed by atoms with E-state index in [0.717, 1.165) is 0 Å². The molecule has 0 amide bonds. The Morgan fingerprint density at radius 3 is 1.09 bits per heavy atom. The Morgan fingerprint density at radius 2 is 0.741 bits per heavy atom. The number of carboxylic acid groups (broad SMARTS) is 3. The van der Waals surface area contributed by atoms with Gasteiger partial charge in [-0.2, -0.15) is 73.1 Å². The van der Waals surface area contributed by atoms with E-state index in [-0.39, 0.29) is 5.56 Å². The Morgan fingerprint density at radius 1 is 0.398 bits per heavy atom. The first-order valence-electron chi connectivity index (χ1n) is 29.9. The maximum absolute atomic E-state index is 13.2. The second-order valence-corrected chi connectivity index (χ2v) is 31.5. The third kappa shape index (κ3) is 24.7. The van der Waals surface area contributed by atoms with Gasteiger partial charge in [0.2, 0.25) is 0 Å². The minimum Gasteiger partial charge on any atom is -0.479 e. The summed E-state index contributed by atoms with van der Waals surface area (Å²) in [6.07, 6.45) is -75.6. The summed E-state index contributed by atoms with van der Waals surface area (Å²) in [5, 5.41) is 122. The van der Waals surface area contributed by atoms with Crippen LogP contribution in [0.2, 0.25) is 0 Å². The van der Waals surface area contributed by atoms with Crippen LogP contribution >= 0.6 is 0 Å². The minimum atomic E-state index is -6.15. The summed E-state index contributed by atoms with van der Waals surface area (Å²) in [6.45, 7) is -2.73. The molecule has 6 aliphatic heterocycles. The fourth-order valence-electron chi connectivity index (χ4n) is 11.5. The molecule has 0 spiro atoms.